The molecule has 1 aliphatic rings. The molecule has 1 aromatic carbocycles. The molecule has 0 radical (unpaired) electrons. The Balaban J connectivity index is 2.21. The molecule has 1 unspecified atom stereocenters. The normalized spacial score (nSPS) is 17.4. The minimum Gasteiger partial charge on any atom is -0.207 e. The van der Waals surface area contributed by atoms with E-state index in [-0.39, 0.29) is 10.8 Å². The highest BCUT2D eigenvalue weighted by Gasteiger charge is 2.34. The van der Waals surface area contributed by atoms with Crippen LogP contribution < -0.4 is 4.72 Å². The maximum Gasteiger partial charge on any atom is 0.241 e. The maximum absolute atomic E-state index is 12.9. The van der Waals surface area contributed by atoms with Gasteiger partial charge in [0.15, 0.2) is 0 Å². The highest BCUT2D eigenvalue weighted by molar-refractivity contribution is 7.89. The van der Waals surface area contributed by atoms with Crippen LogP contribution in [0.1, 0.15) is 12.8 Å². The Labute approximate surface area is 99.1 Å². The number of hydrogen-bond acceptors (Lipinski definition) is 3. The number of nitrogens with zero attached hydrogens (tertiary/aromatic N) is 1. The highest BCUT2D eigenvalue weighted by atomic mass is 32.2. The quantitative estimate of drug-likeness (QED) is 0.883. The van der Waals surface area contributed by atoms with Gasteiger partial charge in [-0.15, -0.1) is 0 Å². The van der Waals surface area contributed by atoms with Gasteiger partial charge in [0.1, 0.15) is 11.9 Å². The Morgan fingerprint density at radius 2 is 2.18 bits per heavy atom. The fourth-order valence-electron chi connectivity index (χ4n) is 1.53. The second-order valence-electron chi connectivity index (χ2n) is 4.02. The molecule has 1 N–H and O–H groups in total. The number of halogens is 1. The molecule has 0 saturated heterocycles. The van der Waals surface area contributed by atoms with E-state index in [2.05, 4.69) is 4.72 Å². The van der Waals surface area contributed by atoms with Gasteiger partial charge in [-0.05, 0) is 37.0 Å². The number of nitrogens with one attached hydrogen (secondary N) is 1. The van der Waals surface area contributed by atoms with Crippen molar-refractivity contribution in [2.24, 2.45) is 5.92 Å². The zero-order chi connectivity index (χ0) is 12.5. The van der Waals surface area contributed by atoms with Gasteiger partial charge in [-0.1, -0.05) is 6.07 Å². The van der Waals surface area contributed by atoms with E-state index in [1.165, 1.54) is 18.2 Å². The van der Waals surface area contributed by atoms with Crippen LogP contribution in [0.4, 0.5) is 4.39 Å². The first-order valence-corrected chi connectivity index (χ1v) is 6.69. The number of rotatable bonds is 4. The summed E-state index contributed by atoms with van der Waals surface area (Å²) in [6.07, 6.45) is 1.70. The van der Waals surface area contributed by atoms with Crippen molar-refractivity contribution in [2.45, 2.75) is 23.8 Å². The van der Waals surface area contributed by atoms with E-state index in [1.54, 1.807) is 0 Å². The molecule has 0 aliphatic heterocycles. The van der Waals surface area contributed by atoms with Crippen LogP contribution in [-0.4, -0.2) is 14.5 Å². The smallest absolute Gasteiger partial charge is 0.207 e. The van der Waals surface area contributed by atoms with Crippen LogP contribution in [-0.2, 0) is 10.0 Å². The van der Waals surface area contributed by atoms with Crippen LogP contribution in [0.15, 0.2) is 29.2 Å². The van der Waals surface area contributed by atoms with Crippen molar-refractivity contribution in [3.63, 3.8) is 0 Å². The third-order valence-electron chi connectivity index (χ3n) is 2.62. The number of hydrogen-bond donors (Lipinski definition) is 1. The molecule has 1 aromatic rings. The van der Waals surface area contributed by atoms with Gasteiger partial charge in [0.25, 0.3) is 0 Å². The Bertz CT molecular complexity index is 561. The molecule has 0 aromatic heterocycles. The van der Waals surface area contributed by atoms with Gasteiger partial charge >= 0.3 is 0 Å². The summed E-state index contributed by atoms with van der Waals surface area (Å²) in [6.45, 7) is 0. The Morgan fingerprint density at radius 3 is 2.71 bits per heavy atom. The van der Waals surface area contributed by atoms with E-state index in [1.807, 2.05) is 6.07 Å². The minimum atomic E-state index is -3.81. The van der Waals surface area contributed by atoms with E-state index >= 15 is 0 Å². The number of nitriles is 1. The molecule has 2 rings (SSSR count). The van der Waals surface area contributed by atoms with Crippen molar-refractivity contribution in [3.8, 4) is 6.07 Å². The zero-order valence-electron chi connectivity index (χ0n) is 8.93. The van der Waals surface area contributed by atoms with Gasteiger partial charge in [0.2, 0.25) is 10.0 Å². The summed E-state index contributed by atoms with van der Waals surface area (Å²) >= 11 is 0. The van der Waals surface area contributed by atoms with Crippen LogP contribution in [0.5, 0.6) is 0 Å². The van der Waals surface area contributed by atoms with Gasteiger partial charge in [0.05, 0.1) is 11.0 Å². The molecule has 0 amide bonds. The molecule has 1 atom stereocenters. The molecule has 1 aliphatic carbocycles. The lowest BCUT2D eigenvalue weighted by molar-refractivity contribution is 0.557. The van der Waals surface area contributed by atoms with Crippen LogP contribution in [0, 0.1) is 23.1 Å². The molecular formula is C11H11FN2O2S. The van der Waals surface area contributed by atoms with Crippen molar-refractivity contribution in [1.29, 1.82) is 5.26 Å². The molecule has 6 heteroatoms. The summed E-state index contributed by atoms with van der Waals surface area (Å²) in [5, 5.41) is 8.85. The lowest BCUT2D eigenvalue weighted by atomic mass is 10.2. The van der Waals surface area contributed by atoms with E-state index in [0.29, 0.717) is 0 Å². The lowest BCUT2D eigenvalue weighted by Crippen LogP contribution is -2.35. The van der Waals surface area contributed by atoms with Crippen LogP contribution in [0.3, 0.4) is 0 Å². The number of sulfonamides is 1. The first-order valence-electron chi connectivity index (χ1n) is 5.20. The second kappa shape index (κ2) is 4.43. The third-order valence-corrected chi connectivity index (χ3v) is 4.06. The van der Waals surface area contributed by atoms with Crippen molar-refractivity contribution in [1.82, 2.24) is 4.72 Å². The predicted octanol–water partition coefficient (Wildman–Crippen LogP) is 1.41. The summed E-state index contributed by atoms with van der Waals surface area (Å²) in [6, 6.07) is 5.92. The molecule has 4 nitrogen and oxygen atoms in total. The van der Waals surface area contributed by atoms with Crippen LogP contribution >= 0.6 is 0 Å². The molecule has 1 fully saturated rings. The summed E-state index contributed by atoms with van der Waals surface area (Å²) in [5.74, 6) is -0.531. The topological polar surface area (TPSA) is 70.0 Å². The third kappa shape index (κ3) is 2.81. The minimum absolute atomic E-state index is 0.0864. The van der Waals surface area contributed by atoms with Crippen molar-refractivity contribution < 1.29 is 12.8 Å². The fraction of sp³-hybridized carbons (Fsp3) is 0.364. The average Bonchev–Trinajstić information content (AvgIpc) is 3.10. The van der Waals surface area contributed by atoms with Gasteiger partial charge in [-0.25, -0.2) is 12.8 Å². The summed E-state index contributed by atoms with van der Waals surface area (Å²) in [7, 11) is -3.81. The lowest BCUT2D eigenvalue weighted by Gasteiger charge is -2.10. The largest absolute Gasteiger partial charge is 0.241 e. The van der Waals surface area contributed by atoms with Gasteiger partial charge in [-0.3, -0.25) is 0 Å². The average molecular weight is 254 g/mol. The predicted molar refractivity (Wildman–Crippen MR) is 58.8 cm³/mol. The van der Waals surface area contributed by atoms with E-state index in [9.17, 15) is 12.8 Å². The summed E-state index contributed by atoms with van der Waals surface area (Å²) in [4.78, 5) is -0.154. The Kier molecular flexibility index (Phi) is 3.13. The number of benzene rings is 1. The summed E-state index contributed by atoms with van der Waals surface area (Å²) in [5.41, 5.74) is 0. The Morgan fingerprint density at radius 1 is 1.47 bits per heavy atom. The summed E-state index contributed by atoms with van der Waals surface area (Å²) < 4.78 is 38.9. The monoisotopic (exact) mass is 254 g/mol. The van der Waals surface area contributed by atoms with Crippen molar-refractivity contribution in [2.75, 3.05) is 0 Å². The van der Waals surface area contributed by atoms with Crippen LogP contribution in [0.2, 0.25) is 0 Å². The SMILES string of the molecule is N#CC(NS(=O)(=O)c1cccc(F)c1)C1CC1. The molecule has 90 valence electrons. The highest BCUT2D eigenvalue weighted by Crippen LogP contribution is 2.33. The first-order chi connectivity index (χ1) is 8.03. The molecule has 17 heavy (non-hydrogen) atoms. The standard InChI is InChI=1S/C11H11FN2O2S/c12-9-2-1-3-10(6-9)17(15,16)14-11(7-13)8-4-5-8/h1-3,6,8,11,14H,4-5H2. The second-order valence-corrected chi connectivity index (χ2v) is 5.74. The van der Waals surface area contributed by atoms with Crippen molar-refractivity contribution in [3.05, 3.63) is 30.1 Å². The molecule has 0 spiro atoms. The van der Waals surface area contributed by atoms with Crippen molar-refractivity contribution >= 4 is 10.0 Å². The molecular weight excluding hydrogens is 243 g/mol. The van der Waals surface area contributed by atoms with Gasteiger partial charge in [0, 0.05) is 0 Å². The van der Waals surface area contributed by atoms with Gasteiger partial charge in [-0.2, -0.15) is 9.98 Å². The maximum atomic E-state index is 12.9. The van der Waals surface area contributed by atoms with E-state index in [0.717, 1.165) is 18.9 Å². The van der Waals surface area contributed by atoms with Crippen LogP contribution in [0.25, 0.3) is 0 Å². The molecule has 0 heterocycles. The fourth-order valence-corrected chi connectivity index (χ4v) is 2.77. The molecule has 1 saturated carbocycles. The van der Waals surface area contributed by atoms with Gasteiger partial charge < -0.3 is 0 Å². The van der Waals surface area contributed by atoms with E-state index < -0.39 is 21.9 Å². The van der Waals surface area contributed by atoms with E-state index in [4.69, 9.17) is 5.26 Å². The first kappa shape index (κ1) is 12.0. The molecule has 0 bridgehead atoms. The Hall–Kier alpha value is -1.45. The zero-order valence-corrected chi connectivity index (χ0v) is 9.74.